The van der Waals surface area contributed by atoms with Crippen LogP contribution in [0, 0.1) is 39.4 Å². The second kappa shape index (κ2) is 8.46. The van der Waals surface area contributed by atoms with Crippen molar-refractivity contribution in [2.75, 3.05) is 0 Å². The summed E-state index contributed by atoms with van der Waals surface area (Å²) < 4.78 is 0. The number of aromatic nitrogens is 1. The summed E-state index contributed by atoms with van der Waals surface area (Å²) in [6.45, 7) is 0. The monoisotopic (exact) mass is 280 g/mol. The zero-order chi connectivity index (χ0) is 15.6. The van der Waals surface area contributed by atoms with Crippen LogP contribution in [0.25, 0.3) is 0 Å². The summed E-state index contributed by atoms with van der Waals surface area (Å²) in [5, 5.41) is 26.5. The normalized spacial score (nSPS) is 10.1. The molecule has 5 nitrogen and oxygen atoms in total. The second-order valence-electron chi connectivity index (χ2n) is 4.80. The smallest absolute Gasteiger partial charge is 0.187 e. The molecule has 0 aliphatic heterocycles. The Morgan fingerprint density at radius 1 is 1.00 bits per heavy atom. The molecule has 0 amide bonds. The summed E-state index contributed by atoms with van der Waals surface area (Å²) in [6.07, 6.45) is 3.24. The molecule has 1 aromatic rings. The highest BCUT2D eigenvalue weighted by Crippen LogP contribution is 2.38. The van der Waals surface area contributed by atoms with Gasteiger partial charge in [0.1, 0.15) is 5.69 Å². The molecular weight excluding hydrogens is 264 g/mol. The first-order chi connectivity index (χ1) is 10.2. The second-order valence-corrected chi connectivity index (χ2v) is 4.80. The van der Waals surface area contributed by atoms with Crippen LogP contribution in [0.15, 0.2) is 24.4 Å². The number of nitriles is 3. The summed E-state index contributed by atoms with van der Waals surface area (Å²) >= 11 is 0. The molecule has 0 aliphatic rings. The van der Waals surface area contributed by atoms with Crippen molar-refractivity contribution in [3.05, 3.63) is 30.1 Å². The van der Waals surface area contributed by atoms with Gasteiger partial charge in [-0.05, 0) is 31.4 Å². The lowest BCUT2D eigenvalue weighted by atomic mass is 9.71. The van der Waals surface area contributed by atoms with Crippen molar-refractivity contribution < 1.29 is 4.79 Å². The fourth-order valence-electron chi connectivity index (χ4n) is 2.37. The molecule has 1 aromatic heterocycles. The fraction of sp³-hybridized carbons (Fsp3) is 0.438. The minimum Gasteiger partial charge on any atom is -0.292 e. The summed E-state index contributed by atoms with van der Waals surface area (Å²) in [6, 6.07) is 11.2. The van der Waals surface area contributed by atoms with Crippen molar-refractivity contribution >= 4 is 5.78 Å². The first-order valence-electron chi connectivity index (χ1n) is 6.77. The third kappa shape index (κ3) is 4.41. The van der Waals surface area contributed by atoms with Gasteiger partial charge in [-0.3, -0.25) is 9.78 Å². The first kappa shape index (κ1) is 16.3. The van der Waals surface area contributed by atoms with E-state index in [1.54, 1.807) is 18.2 Å². The summed E-state index contributed by atoms with van der Waals surface area (Å²) in [4.78, 5) is 16.9. The number of hydrogen-bond acceptors (Lipinski definition) is 5. The molecule has 0 fully saturated rings. The lowest BCUT2D eigenvalue weighted by Gasteiger charge is -2.30. The first-order valence-corrected chi connectivity index (χ1v) is 6.77. The minimum absolute atomic E-state index is 0.177. The van der Waals surface area contributed by atoms with E-state index in [1.807, 2.05) is 18.2 Å². The zero-order valence-electron chi connectivity index (χ0n) is 11.7. The average molecular weight is 280 g/mol. The molecule has 0 saturated carbocycles. The van der Waals surface area contributed by atoms with Crippen LogP contribution in [-0.4, -0.2) is 10.8 Å². The molecule has 0 atom stereocenters. The number of Topliss-reactive ketones (excluding diaryl/α,β-unsaturated/α-hetero) is 1. The Balaban J connectivity index is 3.13. The molecule has 0 spiro atoms. The molecular formula is C16H16N4O. The van der Waals surface area contributed by atoms with E-state index in [4.69, 9.17) is 15.8 Å². The Hall–Kier alpha value is -2.71. The Morgan fingerprint density at radius 2 is 1.52 bits per heavy atom. The van der Waals surface area contributed by atoms with Crippen molar-refractivity contribution in [3.8, 4) is 18.2 Å². The lowest BCUT2D eigenvalue weighted by Crippen LogP contribution is -2.32. The van der Waals surface area contributed by atoms with Crippen molar-refractivity contribution in [1.82, 2.24) is 4.98 Å². The van der Waals surface area contributed by atoms with Gasteiger partial charge in [0.15, 0.2) is 5.78 Å². The maximum absolute atomic E-state index is 12.8. The van der Waals surface area contributed by atoms with Crippen LogP contribution in [0.4, 0.5) is 0 Å². The number of pyridine rings is 1. The van der Waals surface area contributed by atoms with Crippen molar-refractivity contribution in [2.24, 2.45) is 5.41 Å². The van der Waals surface area contributed by atoms with Crippen LogP contribution >= 0.6 is 0 Å². The number of carbonyl (C=O) groups excluding carboxylic acids is 1. The van der Waals surface area contributed by atoms with Crippen LogP contribution in [0.2, 0.25) is 0 Å². The Labute approximate surface area is 124 Å². The summed E-state index contributed by atoms with van der Waals surface area (Å²) in [5.74, 6) is -0.177. The lowest BCUT2D eigenvalue weighted by molar-refractivity contribution is 0.0740. The van der Waals surface area contributed by atoms with E-state index < -0.39 is 5.41 Å². The predicted molar refractivity (Wildman–Crippen MR) is 75.5 cm³/mol. The van der Waals surface area contributed by atoms with Gasteiger partial charge in [0.2, 0.25) is 0 Å². The fourth-order valence-corrected chi connectivity index (χ4v) is 2.37. The van der Waals surface area contributed by atoms with Gasteiger partial charge in [-0.25, -0.2) is 0 Å². The number of rotatable bonds is 8. The largest absolute Gasteiger partial charge is 0.292 e. The number of nitrogens with zero attached hydrogens (tertiary/aromatic N) is 4. The molecule has 1 rings (SSSR count). The van der Waals surface area contributed by atoms with Gasteiger partial charge < -0.3 is 0 Å². The van der Waals surface area contributed by atoms with Gasteiger partial charge >= 0.3 is 0 Å². The van der Waals surface area contributed by atoms with Gasteiger partial charge in [-0.1, -0.05) is 6.07 Å². The number of ketones is 1. The van der Waals surface area contributed by atoms with E-state index in [0.29, 0.717) is 25.0 Å². The van der Waals surface area contributed by atoms with Gasteiger partial charge in [0.25, 0.3) is 0 Å². The zero-order valence-corrected chi connectivity index (χ0v) is 11.7. The number of hydrogen-bond donors (Lipinski definition) is 0. The van der Waals surface area contributed by atoms with Gasteiger partial charge in [0.05, 0.1) is 18.2 Å². The van der Waals surface area contributed by atoms with Crippen molar-refractivity contribution in [2.45, 2.75) is 38.5 Å². The molecule has 0 N–H and O–H groups in total. The van der Waals surface area contributed by atoms with E-state index in [0.717, 1.165) is 0 Å². The molecule has 0 aromatic carbocycles. The van der Waals surface area contributed by atoms with Crippen LogP contribution in [-0.2, 0) is 0 Å². The number of carbonyl (C=O) groups is 1. The topological polar surface area (TPSA) is 101 Å². The highest BCUT2D eigenvalue weighted by atomic mass is 16.1. The van der Waals surface area contributed by atoms with E-state index in [-0.39, 0.29) is 25.0 Å². The van der Waals surface area contributed by atoms with E-state index in [9.17, 15) is 4.79 Å². The van der Waals surface area contributed by atoms with Gasteiger partial charge in [-0.15, -0.1) is 0 Å². The summed E-state index contributed by atoms with van der Waals surface area (Å²) in [7, 11) is 0. The highest BCUT2D eigenvalue weighted by molar-refractivity contribution is 5.98. The molecule has 0 unspecified atom stereocenters. The van der Waals surface area contributed by atoms with Crippen LogP contribution in [0.5, 0.6) is 0 Å². The van der Waals surface area contributed by atoms with Crippen LogP contribution in [0.1, 0.15) is 49.0 Å². The molecule has 0 saturated heterocycles. The third-order valence-electron chi connectivity index (χ3n) is 3.53. The van der Waals surface area contributed by atoms with Crippen molar-refractivity contribution in [3.63, 3.8) is 0 Å². The highest BCUT2D eigenvalue weighted by Gasteiger charge is 2.38. The molecule has 1 heterocycles. The van der Waals surface area contributed by atoms with Gasteiger partial charge in [0, 0.05) is 30.9 Å². The van der Waals surface area contributed by atoms with E-state index in [1.165, 1.54) is 6.20 Å². The van der Waals surface area contributed by atoms with E-state index >= 15 is 0 Å². The van der Waals surface area contributed by atoms with Gasteiger partial charge in [-0.2, -0.15) is 15.8 Å². The summed E-state index contributed by atoms with van der Waals surface area (Å²) in [5.41, 5.74) is -0.526. The maximum Gasteiger partial charge on any atom is 0.187 e. The van der Waals surface area contributed by atoms with Crippen LogP contribution < -0.4 is 0 Å². The Bertz CT molecular complexity index is 544. The van der Waals surface area contributed by atoms with Crippen LogP contribution in [0.3, 0.4) is 0 Å². The Kier molecular flexibility index (Phi) is 6.58. The molecule has 0 aliphatic carbocycles. The third-order valence-corrected chi connectivity index (χ3v) is 3.53. The molecule has 21 heavy (non-hydrogen) atoms. The average Bonchev–Trinajstić information content (AvgIpc) is 2.55. The van der Waals surface area contributed by atoms with E-state index in [2.05, 4.69) is 4.98 Å². The predicted octanol–water partition coefficient (Wildman–Crippen LogP) is 3.16. The SMILES string of the molecule is N#CCCC(CCC#N)(CCC#N)C(=O)c1ccccn1. The quantitative estimate of drug-likeness (QED) is 0.680. The molecule has 106 valence electrons. The minimum atomic E-state index is -0.852. The maximum atomic E-state index is 12.8. The standard InChI is InChI=1S/C16H16N4O/c17-10-3-7-16(8-4-11-18,9-5-12-19)15(21)14-6-1-2-13-20-14/h1-2,6,13H,3-5,7-9H2. The molecule has 0 bridgehead atoms. The molecule has 0 radical (unpaired) electrons. The molecule has 5 heteroatoms. The Morgan fingerprint density at radius 3 is 1.90 bits per heavy atom. The van der Waals surface area contributed by atoms with Crippen molar-refractivity contribution in [1.29, 1.82) is 15.8 Å².